The molecule has 0 unspecified atom stereocenters. The minimum absolute atomic E-state index is 0.00472. The van der Waals surface area contributed by atoms with Crippen LogP contribution in [0.2, 0.25) is 0 Å². The SMILES string of the molecule is C[C@H]1C[C@@H]1c1ccc(CCC(=O)NCC#Cc2ccccc2)o1. The van der Waals surface area contributed by atoms with Gasteiger partial charge in [-0.05, 0) is 36.6 Å². The molecule has 2 atom stereocenters. The first-order chi connectivity index (χ1) is 11.2. The zero-order valence-electron chi connectivity index (χ0n) is 13.3. The fraction of sp³-hybridized carbons (Fsp3) is 0.350. The van der Waals surface area contributed by atoms with Crippen LogP contribution in [0.4, 0.5) is 0 Å². The minimum atomic E-state index is 0.00472. The number of hydrogen-bond donors (Lipinski definition) is 1. The number of hydrogen-bond acceptors (Lipinski definition) is 2. The van der Waals surface area contributed by atoms with Gasteiger partial charge in [-0.3, -0.25) is 4.79 Å². The van der Waals surface area contributed by atoms with Crippen molar-refractivity contribution in [2.45, 2.75) is 32.1 Å². The first-order valence-electron chi connectivity index (χ1n) is 8.11. The lowest BCUT2D eigenvalue weighted by Crippen LogP contribution is -2.23. The number of aryl methyl sites for hydroxylation is 1. The van der Waals surface area contributed by atoms with E-state index in [4.69, 9.17) is 4.42 Å². The summed E-state index contributed by atoms with van der Waals surface area (Å²) in [6.45, 7) is 2.60. The lowest BCUT2D eigenvalue weighted by atomic mass is 10.2. The monoisotopic (exact) mass is 307 g/mol. The fourth-order valence-corrected chi connectivity index (χ4v) is 2.58. The van der Waals surface area contributed by atoms with Crippen LogP contribution in [-0.2, 0) is 11.2 Å². The third-order valence-electron chi connectivity index (χ3n) is 4.14. The molecule has 23 heavy (non-hydrogen) atoms. The topological polar surface area (TPSA) is 42.2 Å². The highest BCUT2D eigenvalue weighted by Crippen LogP contribution is 2.47. The molecule has 1 N–H and O–H groups in total. The Morgan fingerprint density at radius 2 is 2.04 bits per heavy atom. The van der Waals surface area contributed by atoms with Gasteiger partial charge in [0.2, 0.25) is 5.91 Å². The van der Waals surface area contributed by atoms with Crippen molar-refractivity contribution in [1.82, 2.24) is 5.32 Å². The Labute approximate surface area is 137 Å². The number of nitrogens with one attached hydrogen (secondary N) is 1. The van der Waals surface area contributed by atoms with Crippen LogP contribution in [0.3, 0.4) is 0 Å². The number of furan rings is 1. The first-order valence-corrected chi connectivity index (χ1v) is 8.11. The van der Waals surface area contributed by atoms with E-state index in [2.05, 4.69) is 24.1 Å². The van der Waals surface area contributed by atoms with Crippen molar-refractivity contribution in [3.05, 3.63) is 59.5 Å². The molecule has 3 nitrogen and oxygen atoms in total. The van der Waals surface area contributed by atoms with E-state index >= 15 is 0 Å². The molecule has 1 aromatic heterocycles. The number of rotatable bonds is 5. The zero-order valence-corrected chi connectivity index (χ0v) is 13.3. The van der Waals surface area contributed by atoms with Gasteiger partial charge >= 0.3 is 0 Å². The summed E-state index contributed by atoms with van der Waals surface area (Å²) in [6.07, 6.45) is 2.28. The van der Waals surface area contributed by atoms with Gasteiger partial charge in [0.15, 0.2) is 0 Å². The predicted molar refractivity (Wildman–Crippen MR) is 89.9 cm³/mol. The molecule has 3 heteroatoms. The van der Waals surface area contributed by atoms with Gasteiger partial charge in [0, 0.05) is 24.3 Å². The maximum atomic E-state index is 11.8. The summed E-state index contributed by atoms with van der Waals surface area (Å²) < 4.78 is 5.80. The number of carbonyl (C=O) groups excluding carboxylic acids is 1. The van der Waals surface area contributed by atoms with Gasteiger partial charge < -0.3 is 9.73 Å². The molecule has 2 aromatic rings. The van der Waals surface area contributed by atoms with Crippen LogP contribution in [0.5, 0.6) is 0 Å². The van der Waals surface area contributed by atoms with E-state index in [0.717, 1.165) is 23.0 Å². The number of benzene rings is 1. The van der Waals surface area contributed by atoms with Crippen LogP contribution >= 0.6 is 0 Å². The summed E-state index contributed by atoms with van der Waals surface area (Å²) in [5.74, 6) is 9.27. The van der Waals surface area contributed by atoms with Crippen molar-refractivity contribution >= 4 is 5.91 Å². The van der Waals surface area contributed by atoms with E-state index in [9.17, 15) is 4.79 Å². The molecule has 0 aliphatic heterocycles. The summed E-state index contributed by atoms with van der Waals surface area (Å²) in [7, 11) is 0. The molecule has 0 spiro atoms. The van der Waals surface area contributed by atoms with Crippen LogP contribution in [0, 0.1) is 17.8 Å². The Kier molecular flexibility index (Phi) is 4.83. The molecule has 0 saturated heterocycles. The molecule has 1 fully saturated rings. The van der Waals surface area contributed by atoms with E-state index in [1.165, 1.54) is 6.42 Å². The average molecular weight is 307 g/mol. The lowest BCUT2D eigenvalue weighted by Gasteiger charge is -2.00. The van der Waals surface area contributed by atoms with E-state index in [0.29, 0.717) is 25.3 Å². The van der Waals surface area contributed by atoms with Crippen LogP contribution in [0.25, 0.3) is 0 Å². The highest BCUT2D eigenvalue weighted by molar-refractivity contribution is 5.76. The van der Waals surface area contributed by atoms with Gasteiger partial charge in [-0.25, -0.2) is 0 Å². The summed E-state index contributed by atoms with van der Waals surface area (Å²) in [5, 5.41) is 2.82. The number of carbonyl (C=O) groups is 1. The van der Waals surface area contributed by atoms with Crippen LogP contribution < -0.4 is 5.32 Å². The van der Waals surface area contributed by atoms with Gasteiger partial charge in [-0.2, -0.15) is 0 Å². The summed E-state index contributed by atoms with van der Waals surface area (Å²) in [4.78, 5) is 11.8. The third-order valence-corrected chi connectivity index (χ3v) is 4.14. The highest BCUT2D eigenvalue weighted by Gasteiger charge is 2.36. The van der Waals surface area contributed by atoms with Crippen molar-refractivity contribution in [2.75, 3.05) is 6.54 Å². The normalized spacial score (nSPS) is 18.8. The predicted octanol–water partition coefficient (Wildman–Crippen LogP) is 3.50. The average Bonchev–Trinajstić information content (AvgIpc) is 3.11. The van der Waals surface area contributed by atoms with Gasteiger partial charge in [-0.1, -0.05) is 37.0 Å². The second-order valence-corrected chi connectivity index (χ2v) is 6.07. The van der Waals surface area contributed by atoms with Crippen molar-refractivity contribution in [3.63, 3.8) is 0 Å². The molecular weight excluding hydrogens is 286 g/mol. The van der Waals surface area contributed by atoms with Crippen molar-refractivity contribution in [3.8, 4) is 11.8 Å². The van der Waals surface area contributed by atoms with Gasteiger partial charge in [-0.15, -0.1) is 0 Å². The second-order valence-electron chi connectivity index (χ2n) is 6.07. The highest BCUT2D eigenvalue weighted by atomic mass is 16.3. The maximum Gasteiger partial charge on any atom is 0.221 e. The first kappa shape index (κ1) is 15.4. The zero-order chi connectivity index (χ0) is 16.1. The molecule has 1 saturated carbocycles. The van der Waals surface area contributed by atoms with E-state index in [-0.39, 0.29) is 5.91 Å². The summed E-state index contributed by atoms with van der Waals surface area (Å²) >= 11 is 0. The Morgan fingerprint density at radius 3 is 2.78 bits per heavy atom. The van der Waals surface area contributed by atoms with Gasteiger partial charge in [0.25, 0.3) is 0 Å². The smallest absolute Gasteiger partial charge is 0.221 e. The molecule has 1 heterocycles. The van der Waals surface area contributed by atoms with Crippen molar-refractivity contribution in [1.29, 1.82) is 0 Å². The summed E-state index contributed by atoms with van der Waals surface area (Å²) in [5.41, 5.74) is 0.958. The Balaban J connectivity index is 1.38. The van der Waals surface area contributed by atoms with E-state index in [1.807, 2.05) is 42.5 Å². The van der Waals surface area contributed by atoms with Gasteiger partial charge in [0.05, 0.1) is 6.54 Å². The molecule has 1 aliphatic rings. The van der Waals surface area contributed by atoms with E-state index in [1.54, 1.807) is 0 Å². The van der Waals surface area contributed by atoms with Crippen LogP contribution in [0.15, 0.2) is 46.9 Å². The molecule has 0 bridgehead atoms. The van der Waals surface area contributed by atoms with Crippen molar-refractivity contribution < 1.29 is 9.21 Å². The molecule has 1 aliphatic carbocycles. The Bertz CT molecular complexity index is 721. The molecular formula is C20H21NO2. The maximum absolute atomic E-state index is 11.8. The van der Waals surface area contributed by atoms with Crippen molar-refractivity contribution in [2.24, 2.45) is 5.92 Å². The standard InChI is InChI=1S/C20H21NO2/c1-15-14-18(15)19-11-9-17(23-19)10-12-20(22)21-13-5-8-16-6-3-2-4-7-16/h2-4,6-7,9,11,15,18H,10,12-14H2,1H3,(H,21,22)/t15-,18-/m0/s1. The molecule has 1 amide bonds. The second kappa shape index (κ2) is 7.19. The lowest BCUT2D eigenvalue weighted by molar-refractivity contribution is -0.120. The number of amides is 1. The molecule has 0 radical (unpaired) electrons. The fourth-order valence-electron chi connectivity index (χ4n) is 2.58. The Hall–Kier alpha value is -2.47. The van der Waals surface area contributed by atoms with Gasteiger partial charge in [0.1, 0.15) is 11.5 Å². The molecule has 3 rings (SSSR count). The van der Waals surface area contributed by atoms with E-state index < -0.39 is 0 Å². The van der Waals surface area contributed by atoms with Crippen LogP contribution in [0.1, 0.15) is 42.8 Å². The quantitative estimate of drug-likeness (QED) is 0.859. The molecule has 1 aromatic carbocycles. The van der Waals surface area contributed by atoms with Crippen LogP contribution in [-0.4, -0.2) is 12.5 Å². The minimum Gasteiger partial charge on any atom is -0.466 e. The Morgan fingerprint density at radius 1 is 1.26 bits per heavy atom. The third kappa shape index (κ3) is 4.50. The summed E-state index contributed by atoms with van der Waals surface area (Å²) in [6, 6.07) is 13.8. The largest absolute Gasteiger partial charge is 0.466 e. The molecule has 118 valence electrons.